The highest BCUT2D eigenvalue weighted by Crippen LogP contribution is 2.21. The van der Waals surface area contributed by atoms with E-state index >= 15 is 0 Å². The van der Waals surface area contributed by atoms with Gasteiger partial charge in [0, 0.05) is 23.9 Å². The summed E-state index contributed by atoms with van der Waals surface area (Å²) in [6, 6.07) is 7.27. The summed E-state index contributed by atoms with van der Waals surface area (Å²) in [4.78, 5) is 23.6. The minimum absolute atomic E-state index is 0.0176. The molecule has 1 unspecified atom stereocenters. The number of hydrogen-bond acceptors (Lipinski definition) is 3. The quantitative estimate of drug-likeness (QED) is 0.893. The number of anilines is 1. The van der Waals surface area contributed by atoms with Crippen LogP contribution in [0.4, 0.5) is 5.69 Å². The third-order valence-corrected chi connectivity index (χ3v) is 4.33. The molecule has 1 aliphatic heterocycles. The number of halogens is 1. The summed E-state index contributed by atoms with van der Waals surface area (Å²) in [7, 11) is 0. The maximum absolute atomic E-state index is 12.2. The normalized spacial score (nSPS) is 17.4. The lowest BCUT2D eigenvalue weighted by Crippen LogP contribution is -2.40. The van der Waals surface area contributed by atoms with Gasteiger partial charge in [-0.1, -0.05) is 17.7 Å². The van der Waals surface area contributed by atoms with Crippen LogP contribution >= 0.6 is 11.6 Å². The lowest BCUT2D eigenvalue weighted by atomic mass is 10.0. The molecule has 0 saturated carbocycles. The molecule has 1 atom stereocenters. The fourth-order valence-corrected chi connectivity index (χ4v) is 3.04. The molecule has 2 amide bonds. The second-order valence-electron chi connectivity index (χ2n) is 5.94. The van der Waals surface area contributed by atoms with E-state index in [1.807, 2.05) is 25.1 Å². The van der Waals surface area contributed by atoms with Crippen LogP contribution in [0.3, 0.4) is 0 Å². The highest BCUT2D eigenvalue weighted by Gasteiger charge is 2.21. The lowest BCUT2D eigenvalue weighted by Gasteiger charge is -2.22. The van der Waals surface area contributed by atoms with Gasteiger partial charge in [0.2, 0.25) is 11.8 Å². The van der Waals surface area contributed by atoms with Crippen LogP contribution in [0.25, 0.3) is 5.69 Å². The molecule has 2 heterocycles. The van der Waals surface area contributed by atoms with E-state index in [0.717, 1.165) is 24.2 Å². The molecule has 7 heteroatoms. The van der Waals surface area contributed by atoms with Crippen LogP contribution in [-0.4, -0.2) is 27.6 Å². The third kappa shape index (κ3) is 3.76. The molecule has 24 heavy (non-hydrogen) atoms. The molecule has 2 N–H and O–H groups in total. The molecule has 2 aromatic rings. The third-order valence-electron chi connectivity index (χ3n) is 4.09. The van der Waals surface area contributed by atoms with Crippen LogP contribution in [0.1, 0.15) is 31.4 Å². The fourth-order valence-electron chi connectivity index (χ4n) is 2.86. The van der Waals surface area contributed by atoms with Crippen LogP contribution in [0.15, 0.2) is 30.5 Å². The van der Waals surface area contributed by atoms with Gasteiger partial charge in [-0.25, -0.2) is 4.68 Å². The first-order valence-electron chi connectivity index (χ1n) is 7.92. The van der Waals surface area contributed by atoms with E-state index in [0.29, 0.717) is 17.1 Å². The number of rotatable bonds is 4. The van der Waals surface area contributed by atoms with E-state index in [4.69, 9.17) is 11.6 Å². The number of carbonyl (C=O) groups excluding carboxylic acids is 2. The molecular formula is C17H19ClN4O2. The van der Waals surface area contributed by atoms with Crippen molar-refractivity contribution in [1.82, 2.24) is 15.1 Å². The Bertz CT molecular complexity index is 772. The topological polar surface area (TPSA) is 76.0 Å². The molecule has 0 aliphatic carbocycles. The van der Waals surface area contributed by atoms with Gasteiger partial charge >= 0.3 is 0 Å². The fraction of sp³-hybridized carbons (Fsp3) is 0.353. The van der Waals surface area contributed by atoms with Crippen molar-refractivity contribution in [1.29, 1.82) is 0 Å². The number of nitrogens with one attached hydrogen (secondary N) is 2. The van der Waals surface area contributed by atoms with Crippen molar-refractivity contribution in [3.8, 4) is 5.69 Å². The number of amides is 2. The monoisotopic (exact) mass is 346 g/mol. The van der Waals surface area contributed by atoms with Gasteiger partial charge < -0.3 is 10.6 Å². The van der Waals surface area contributed by atoms with Crippen molar-refractivity contribution >= 4 is 29.1 Å². The zero-order valence-corrected chi connectivity index (χ0v) is 14.1. The smallest absolute Gasteiger partial charge is 0.226 e. The van der Waals surface area contributed by atoms with Gasteiger partial charge in [0.25, 0.3) is 0 Å². The Morgan fingerprint density at radius 1 is 1.50 bits per heavy atom. The molecule has 3 rings (SSSR count). The summed E-state index contributed by atoms with van der Waals surface area (Å²) in [6.45, 7) is 1.88. The molecule has 6 nitrogen and oxygen atoms in total. The Kier molecular flexibility index (Phi) is 4.85. The largest absolute Gasteiger partial charge is 0.353 e. The average Bonchev–Trinajstić information content (AvgIpc) is 2.88. The first kappa shape index (κ1) is 16.5. The van der Waals surface area contributed by atoms with Gasteiger partial charge in [-0.15, -0.1) is 0 Å². The molecule has 1 aromatic carbocycles. The van der Waals surface area contributed by atoms with E-state index in [2.05, 4.69) is 15.7 Å². The van der Waals surface area contributed by atoms with Crippen LogP contribution < -0.4 is 10.6 Å². The summed E-state index contributed by atoms with van der Waals surface area (Å²) in [5, 5.41) is 10.7. The molecular weight excluding hydrogens is 328 g/mol. The van der Waals surface area contributed by atoms with Crippen molar-refractivity contribution in [3.63, 3.8) is 0 Å². The summed E-state index contributed by atoms with van der Waals surface area (Å²) >= 11 is 6.01. The number of hydrogen-bond donors (Lipinski definition) is 2. The second-order valence-corrected chi connectivity index (χ2v) is 6.38. The van der Waals surface area contributed by atoms with Crippen molar-refractivity contribution < 1.29 is 9.59 Å². The predicted molar refractivity (Wildman–Crippen MR) is 92.3 cm³/mol. The number of aromatic nitrogens is 2. The van der Waals surface area contributed by atoms with Crippen molar-refractivity contribution in [3.05, 3.63) is 41.2 Å². The number of piperidine rings is 1. The van der Waals surface area contributed by atoms with Gasteiger partial charge in [-0.3, -0.25) is 9.59 Å². The summed E-state index contributed by atoms with van der Waals surface area (Å²) in [6.07, 6.45) is 4.10. The van der Waals surface area contributed by atoms with Crippen LogP contribution in [0, 0.1) is 6.92 Å². The molecule has 0 spiro atoms. The van der Waals surface area contributed by atoms with E-state index < -0.39 is 0 Å². The molecule has 0 bridgehead atoms. The Hall–Kier alpha value is -2.34. The van der Waals surface area contributed by atoms with Gasteiger partial charge in [-0.2, -0.15) is 5.10 Å². The van der Waals surface area contributed by atoms with Crippen LogP contribution in [-0.2, 0) is 9.59 Å². The SMILES string of the molecule is Cc1c(NC(=O)CC2CCCC(=O)N2)cnn1-c1cccc(Cl)c1. The number of nitrogens with zero attached hydrogens (tertiary/aromatic N) is 2. The molecule has 0 radical (unpaired) electrons. The van der Waals surface area contributed by atoms with E-state index in [1.165, 1.54) is 0 Å². The zero-order valence-electron chi connectivity index (χ0n) is 13.4. The Labute approximate surface area is 145 Å². The molecule has 126 valence electrons. The van der Waals surface area contributed by atoms with Gasteiger partial charge in [0.1, 0.15) is 0 Å². The molecule has 1 aliphatic rings. The zero-order chi connectivity index (χ0) is 17.1. The first-order chi connectivity index (χ1) is 11.5. The van der Waals surface area contributed by atoms with Crippen LogP contribution in [0.2, 0.25) is 5.02 Å². The standard InChI is InChI=1S/C17H19ClN4O2/c1-11-15(10-19-22(11)14-6-2-4-12(18)8-14)21-17(24)9-13-5-3-7-16(23)20-13/h2,4,6,8,10,13H,3,5,7,9H2,1H3,(H,20,23)(H,21,24). The second kappa shape index (κ2) is 7.05. The van der Waals surface area contributed by atoms with Crippen LogP contribution in [0.5, 0.6) is 0 Å². The minimum Gasteiger partial charge on any atom is -0.353 e. The Balaban J connectivity index is 1.67. The van der Waals surface area contributed by atoms with Gasteiger partial charge in [0.05, 0.1) is 23.3 Å². The summed E-state index contributed by atoms with van der Waals surface area (Å²) in [5.41, 5.74) is 2.31. The number of benzene rings is 1. The van der Waals surface area contributed by atoms with E-state index in [9.17, 15) is 9.59 Å². The average molecular weight is 347 g/mol. The molecule has 1 saturated heterocycles. The van der Waals surface area contributed by atoms with E-state index in [1.54, 1.807) is 16.9 Å². The molecule has 1 fully saturated rings. The Morgan fingerprint density at radius 3 is 3.08 bits per heavy atom. The van der Waals surface area contributed by atoms with E-state index in [-0.39, 0.29) is 24.3 Å². The lowest BCUT2D eigenvalue weighted by molar-refractivity contribution is -0.124. The maximum Gasteiger partial charge on any atom is 0.226 e. The van der Waals surface area contributed by atoms with Gasteiger partial charge in [0.15, 0.2) is 0 Å². The summed E-state index contributed by atoms with van der Waals surface area (Å²) < 4.78 is 1.73. The van der Waals surface area contributed by atoms with Crippen molar-refractivity contribution in [2.45, 2.75) is 38.6 Å². The maximum atomic E-state index is 12.2. The highest BCUT2D eigenvalue weighted by atomic mass is 35.5. The predicted octanol–water partition coefficient (Wildman–Crippen LogP) is 2.83. The first-order valence-corrected chi connectivity index (χ1v) is 8.30. The van der Waals surface area contributed by atoms with Crippen molar-refractivity contribution in [2.75, 3.05) is 5.32 Å². The number of carbonyl (C=O) groups is 2. The van der Waals surface area contributed by atoms with Gasteiger partial charge in [-0.05, 0) is 38.0 Å². The molecule has 1 aromatic heterocycles. The van der Waals surface area contributed by atoms with Crippen molar-refractivity contribution in [2.24, 2.45) is 0 Å². The minimum atomic E-state index is -0.129. The highest BCUT2D eigenvalue weighted by molar-refractivity contribution is 6.30. The Morgan fingerprint density at radius 2 is 2.33 bits per heavy atom. The summed E-state index contributed by atoms with van der Waals surface area (Å²) in [5.74, 6) is -0.111.